The molecule has 184 valence electrons. The highest BCUT2D eigenvalue weighted by molar-refractivity contribution is 7.15. The molecule has 0 atom stereocenters. The number of carbonyl (C=O) groups is 1. The predicted octanol–water partition coefficient (Wildman–Crippen LogP) is 6.41. The first-order chi connectivity index (χ1) is 17.4. The molecule has 0 saturated heterocycles. The van der Waals surface area contributed by atoms with Gasteiger partial charge in [-0.1, -0.05) is 30.3 Å². The molecule has 7 heteroatoms. The molecule has 0 radical (unpaired) electrons. The lowest BCUT2D eigenvalue weighted by Gasteiger charge is -2.14. The highest BCUT2D eigenvalue weighted by Gasteiger charge is 2.14. The maximum atomic E-state index is 11.0. The molecule has 0 spiro atoms. The Balaban J connectivity index is 1.53. The van der Waals surface area contributed by atoms with Crippen molar-refractivity contribution >= 4 is 28.8 Å². The van der Waals surface area contributed by atoms with Crippen molar-refractivity contribution in [1.29, 1.82) is 0 Å². The van der Waals surface area contributed by atoms with E-state index in [1.807, 2.05) is 49.4 Å². The first-order valence-corrected chi connectivity index (χ1v) is 12.5. The first-order valence-electron chi connectivity index (χ1n) is 11.7. The van der Waals surface area contributed by atoms with Crippen LogP contribution in [-0.2, 0) is 30.5 Å². The van der Waals surface area contributed by atoms with E-state index in [0.29, 0.717) is 12.2 Å². The maximum absolute atomic E-state index is 11.0. The number of carboxylic acid groups (broad SMARTS) is 1. The highest BCUT2D eigenvalue weighted by atomic mass is 32.1. The van der Waals surface area contributed by atoms with E-state index < -0.39 is 5.97 Å². The van der Waals surface area contributed by atoms with E-state index in [0.717, 1.165) is 51.8 Å². The number of allylic oxidation sites excluding steroid dienone is 1. The van der Waals surface area contributed by atoms with Crippen LogP contribution in [0.5, 0.6) is 5.75 Å². The number of hydrogen-bond acceptors (Lipinski definition) is 6. The van der Waals surface area contributed by atoms with Crippen LogP contribution in [0.4, 0.5) is 11.5 Å². The average Bonchev–Trinajstić information content (AvgIpc) is 3.35. The van der Waals surface area contributed by atoms with Gasteiger partial charge in [-0.05, 0) is 73.7 Å². The minimum atomic E-state index is -0.848. The Hall–Kier alpha value is -3.97. The van der Waals surface area contributed by atoms with E-state index in [1.165, 1.54) is 10.4 Å². The second-order valence-electron chi connectivity index (χ2n) is 8.46. The number of methoxy groups -OCH3 is 1. The summed E-state index contributed by atoms with van der Waals surface area (Å²) in [7, 11) is 1.68. The summed E-state index contributed by atoms with van der Waals surface area (Å²) >= 11 is 1.71. The number of rotatable bonds is 11. The molecule has 4 rings (SSSR count). The molecule has 0 aliphatic rings. The van der Waals surface area contributed by atoms with Gasteiger partial charge >= 0.3 is 5.97 Å². The van der Waals surface area contributed by atoms with E-state index in [2.05, 4.69) is 36.2 Å². The van der Waals surface area contributed by atoms with Gasteiger partial charge in [0.05, 0.1) is 18.4 Å². The largest absolute Gasteiger partial charge is 0.497 e. The normalized spacial score (nSPS) is 10.7. The molecule has 2 N–H and O–H groups in total. The third-order valence-electron chi connectivity index (χ3n) is 5.84. The number of nitrogens with one attached hydrogen (secondary N) is 1. The molecule has 0 aliphatic heterocycles. The number of aliphatic carboxylic acids is 1. The summed E-state index contributed by atoms with van der Waals surface area (Å²) in [5, 5.41) is 12.4. The van der Waals surface area contributed by atoms with Crippen LogP contribution >= 0.6 is 11.3 Å². The molecule has 36 heavy (non-hydrogen) atoms. The van der Waals surface area contributed by atoms with Crippen LogP contribution < -0.4 is 10.1 Å². The monoisotopic (exact) mass is 499 g/mol. The van der Waals surface area contributed by atoms with Gasteiger partial charge in [0, 0.05) is 21.8 Å². The number of aromatic nitrogens is 2. The first kappa shape index (κ1) is 25.1. The average molecular weight is 500 g/mol. The fraction of sp³-hybridized carbons (Fsp3) is 0.207. The summed E-state index contributed by atoms with van der Waals surface area (Å²) in [6.45, 7) is 5.87. The van der Waals surface area contributed by atoms with E-state index in [9.17, 15) is 4.79 Å². The summed E-state index contributed by atoms with van der Waals surface area (Å²) in [4.78, 5) is 22.9. The van der Waals surface area contributed by atoms with Crippen LogP contribution in [0.25, 0.3) is 10.7 Å². The van der Waals surface area contributed by atoms with Crippen LogP contribution in [0.3, 0.4) is 0 Å². The van der Waals surface area contributed by atoms with Gasteiger partial charge in [-0.15, -0.1) is 17.9 Å². The van der Waals surface area contributed by atoms with Crippen LogP contribution in [0.1, 0.15) is 27.3 Å². The van der Waals surface area contributed by atoms with Gasteiger partial charge < -0.3 is 15.2 Å². The quantitative estimate of drug-likeness (QED) is 0.232. The number of aryl methyl sites for hydroxylation is 3. The van der Waals surface area contributed by atoms with Crippen molar-refractivity contribution in [2.45, 2.75) is 32.6 Å². The van der Waals surface area contributed by atoms with E-state index in [-0.39, 0.29) is 6.42 Å². The minimum Gasteiger partial charge on any atom is -0.497 e. The lowest BCUT2D eigenvalue weighted by Crippen LogP contribution is -2.05. The smallest absolute Gasteiger partial charge is 0.307 e. The van der Waals surface area contributed by atoms with Crippen LogP contribution in [-0.4, -0.2) is 28.2 Å². The van der Waals surface area contributed by atoms with E-state index >= 15 is 0 Å². The van der Waals surface area contributed by atoms with Gasteiger partial charge in [0.15, 0.2) is 5.82 Å². The fourth-order valence-corrected chi connectivity index (χ4v) is 4.85. The SMILES string of the molecule is C=CCc1c(C)nc(-c2ccc(CCc3ccc(OC)cc3)s2)nc1Nc1ccc(CC(=O)O)cc1. The fourth-order valence-electron chi connectivity index (χ4n) is 3.91. The van der Waals surface area contributed by atoms with E-state index in [4.69, 9.17) is 19.8 Å². The molecule has 2 aromatic heterocycles. The number of anilines is 2. The van der Waals surface area contributed by atoms with Gasteiger partial charge in [-0.3, -0.25) is 4.79 Å². The number of ether oxygens (including phenoxy) is 1. The molecular weight excluding hydrogens is 470 g/mol. The zero-order chi connectivity index (χ0) is 25.5. The van der Waals surface area contributed by atoms with Gasteiger partial charge in [-0.25, -0.2) is 9.97 Å². The van der Waals surface area contributed by atoms with Crippen molar-refractivity contribution in [3.8, 4) is 16.5 Å². The minimum absolute atomic E-state index is 0.00205. The molecule has 0 aliphatic carbocycles. The van der Waals surface area contributed by atoms with Crippen molar-refractivity contribution in [1.82, 2.24) is 9.97 Å². The third kappa shape index (κ3) is 6.37. The lowest BCUT2D eigenvalue weighted by molar-refractivity contribution is -0.136. The van der Waals surface area contributed by atoms with Crippen LogP contribution in [0, 0.1) is 6.92 Å². The second-order valence-corrected chi connectivity index (χ2v) is 9.63. The third-order valence-corrected chi connectivity index (χ3v) is 6.98. The molecule has 0 unspecified atom stereocenters. The van der Waals surface area contributed by atoms with Crippen LogP contribution in [0.2, 0.25) is 0 Å². The van der Waals surface area contributed by atoms with Crippen molar-refractivity contribution in [3.05, 3.63) is 101 Å². The van der Waals surface area contributed by atoms with E-state index in [1.54, 1.807) is 18.4 Å². The lowest BCUT2D eigenvalue weighted by atomic mass is 10.1. The number of nitrogens with zero attached hydrogens (tertiary/aromatic N) is 2. The molecule has 4 aromatic rings. The standard InChI is InChI=1S/C29H29N3O3S/c1-4-5-25-19(2)30-29(32-28(25)31-22-11-6-21(7-12-22)18-27(33)34)26-17-16-24(36-26)15-10-20-8-13-23(35-3)14-9-20/h4,6-9,11-14,16-17H,1,5,10,15,18H2,2-3H3,(H,33,34)(H,30,31,32). The van der Waals surface area contributed by atoms with Gasteiger partial charge in [0.1, 0.15) is 11.6 Å². The Morgan fingerprint density at radius 3 is 2.42 bits per heavy atom. The summed E-state index contributed by atoms with van der Waals surface area (Å²) < 4.78 is 5.24. The molecule has 0 saturated carbocycles. The Bertz CT molecular complexity index is 1350. The number of thiophene rings is 1. The topological polar surface area (TPSA) is 84.3 Å². The predicted molar refractivity (Wildman–Crippen MR) is 145 cm³/mol. The summed E-state index contributed by atoms with van der Waals surface area (Å²) in [6, 6.07) is 19.8. The van der Waals surface area contributed by atoms with Gasteiger partial charge in [-0.2, -0.15) is 0 Å². The zero-order valence-electron chi connectivity index (χ0n) is 20.5. The Labute approximate surface area is 215 Å². The Kier molecular flexibility index (Phi) is 8.13. The summed E-state index contributed by atoms with van der Waals surface area (Å²) in [5.41, 5.74) is 4.75. The van der Waals surface area contributed by atoms with Crippen molar-refractivity contribution < 1.29 is 14.6 Å². The maximum Gasteiger partial charge on any atom is 0.307 e. The molecule has 2 aromatic carbocycles. The van der Waals surface area contributed by atoms with Crippen molar-refractivity contribution in [3.63, 3.8) is 0 Å². The van der Waals surface area contributed by atoms with Gasteiger partial charge in [0.2, 0.25) is 0 Å². The Morgan fingerprint density at radius 2 is 1.75 bits per heavy atom. The molecule has 0 fully saturated rings. The molecule has 2 heterocycles. The van der Waals surface area contributed by atoms with Crippen molar-refractivity contribution in [2.24, 2.45) is 0 Å². The second kappa shape index (κ2) is 11.6. The van der Waals surface area contributed by atoms with Crippen molar-refractivity contribution in [2.75, 3.05) is 12.4 Å². The highest BCUT2D eigenvalue weighted by Crippen LogP contribution is 2.31. The summed E-state index contributed by atoms with van der Waals surface area (Å²) in [6.07, 6.45) is 4.38. The number of benzene rings is 2. The number of carboxylic acids is 1. The zero-order valence-corrected chi connectivity index (χ0v) is 21.3. The molecule has 0 bridgehead atoms. The summed E-state index contributed by atoms with van der Waals surface area (Å²) in [5.74, 6) is 1.44. The number of hydrogen-bond donors (Lipinski definition) is 2. The Morgan fingerprint density at radius 1 is 1.03 bits per heavy atom. The molecule has 6 nitrogen and oxygen atoms in total. The molecular formula is C29H29N3O3S. The van der Waals surface area contributed by atoms with Gasteiger partial charge in [0.25, 0.3) is 0 Å². The van der Waals surface area contributed by atoms with Crippen LogP contribution in [0.15, 0.2) is 73.3 Å². The molecule has 0 amide bonds.